The number of nitrogens with zero attached hydrogens (tertiary/aromatic N) is 3. The van der Waals surface area contributed by atoms with E-state index in [1.807, 2.05) is 32.0 Å². The number of nitrogens with one attached hydrogen (secondary N) is 1. The average molecular weight is 314 g/mol. The summed E-state index contributed by atoms with van der Waals surface area (Å²) < 4.78 is 5.24. The first-order valence-corrected chi connectivity index (χ1v) is 7.99. The molecule has 3 rings (SSSR count). The number of rotatable bonds is 4. The summed E-state index contributed by atoms with van der Waals surface area (Å²) in [6.07, 6.45) is 3.47. The Morgan fingerprint density at radius 1 is 1.39 bits per heavy atom. The molecule has 1 fully saturated rings. The number of hydrogen-bond acceptors (Lipinski definition) is 5. The molecule has 0 radical (unpaired) electrons. The minimum Gasteiger partial charge on any atom is -0.467 e. The van der Waals surface area contributed by atoms with E-state index in [9.17, 15) is 4.79 Å². The molecule has 0 aromatic carbocycles. The molecule has 6 nitrogen and oxygen atoms in total. The quantitative estimate of drug-likeness (QED) is 0.937. The normalized spacial score (nSPS) is 18.0. The summed E-state index contributed by atoms with van der Waals surface area (Å²) >= 11 is 0. The summed E-state index contributed by atoms with van der Waals surface area (Å²) in [5.41, 5.74) is 1.91. The Hall–Kier alpha value is -2.37. The van der Waals surface area contributed by atoms with E-state index in [0.717, 1.165) is 42.5 Å². The Kier molecular flexibility index (Phi) is 4.60. The van der Waals surface area contributed by atoms with E-state index in [-0.39, 0.29) is 11.8 Å². The van der Waals surface area contributed by atoms with Gasteiger partial charge in [-0.15, -0.1) is 0 Å². The second kappa shape index (κ2) is 6.81. The molecule has 3 heterocycles. The van der Waals surface area contributed by atoms with E-state index in [4.69, 9.17) is 4.42 Å². The Morgan fingerprint density at radius 3 is 2.87 bits per heavy atom. The summed E-state index contributed by atoms with van der Waals surface area (Å²) in [6.45, 7) is 5.92. The van der Waals surface area contributed by atoms with Gasteiger partial charge in [0.15, 0.2) is 0 Å². The van der Waals surface area contributed by atoms with Crippen LogP contribution in [-0.4, -0.2) is 29.0 Å². The fourth-order valence-electron chi connectivity index (χ4n) is 2.95. The zero-order valence-corrected chi connectivity index (χ0v) is 13.6. The largest absolute Gasteiger partial charge is 0.467 e. The maximum atomic E-state index is 12.4. The first-order chi connectivity index (χ1) is 11.1. The maximum absolute atomic E-state index is 12.4. The molecular formula is C17H22N4O2. The molecule has 0 spiro atoms. The van der Waals surface area contributed by atoms with Crippen LogP contribution in [0, 0.1) is 19.8 Å². The number of piperidine rings is 1. The Bertz CT molecular complexity index is 649. The van der Waals surface area contributed by atoms with E-state index in [1.54, 1.807) is 6.26 Å². The molecule has 1 unspecified atom stereocenters. The van der Waals surface area contributed by atoms with Gasteiger partial charge in [-0.05, 0) is 44.9 Å². The summed E-state index contributed by atoms with van der Waals surface area (Å²) in [7, 11) is 0. The van der Waals surface area contributed by atoms with Crippen molar-refractivity contribution in [3.05, 3.63) is 41.6 Å². The second-order valence-corrected chi connectivity index (χ2v) is 6.03. The van der Waals surface area contributed by atoms with Crippen molar-refractivity contribution in [2.75, 3.05) is 18.0 Å². The molecule has 1 aliphatic heterocycles. The first kappa shape index (κ1) is 15.5. The van der Waals surface area contributed by atoms with Crippen LogP contribution in [0.1, 0.15) is 30.0 Å². The van der Waals surface area contributed by atoms with Crippen molar-refractivity contribution in [3.63, 3.8) is 0 Å². The van der Waals surface area contributed by atoms with Crippen LogP contribution in [0.15, 0.2) is 28.9 Å². The molecule has 122 valence electrons. The number of amides is 1. The Balaban J connectivity index is 1.62. The monoisotopic (exact) mass is 314 g/mol. The maximum Gasteiger partial charge on any atom is 0.225 e. The first-order valence-electron chi connectivity index (χ1n) is 7.99. The third-order valence-corrected chi connectivity index (χ3v) is 4.06. The number of furan rings is 1. The van der Waals surface area contributed by atoms with Gasteiger partial charge in [-0.1, -0.05) is 0 Å². The lowest BCUT2D eigenvalue weighted by molar-refractivity contribution is -0.125. The molecule has 1 saturated heterocycles. The minimum absolute atomic E-state index is 0.0388. The van der Waals surface area contributed by atoms with E-state index in [0.29, 0.717) is 13.1 Å². The van der Waals surface area contributed by atoms with Crippen molar-refractivity contribution >= 4 is 11.9 Å². The summed E-state index contributed by atoms with van der Waals surface area (Å²) in [5, 5.41) is 2.95. The van der Waals surface area contributed by atoms with Crippen LogP contribution in [0.4, 0.5) is 5.95 Å². The molecule has 0 aliphatic carbocycles. The topological polar surface area (TPSA) is 71.3 Å². The molecule has 1 N–H and O–H groups in total. The van der Waals surface area contributed by atoms with Gasteiger partial charge in [-0.2, -0.15) is 0 Å². The predicted molar refractivity (Wildman–Crippen MR) is 87.0 cm³/mol. The van der Waals surface area contributed by atoms with Crippen molar-refractivity contribution in [1.29, 1.82) is 0 Å². The number of hydrogen-bond donors (Lipinski definition) is 1. The van der Waals surface area contributed by atoms with Gasteiger partial charge in [0.2, 0.25) is 11.9 Å². The fourth-order valence-corrected chi connectivity index (χ4v) is 2.95. The highest BCUT2D eigenvalue weighted by molar-refractivity contribution is 5.79. The van der Waals surface area contributed by atoms with Crippen molar-refractivity contribution in [2.24, 2.45) is 5.92 Å². The van der Waals surface area contributed by atoms with Gasteiger partial charge in [-0.3, -0.25) is 4.79 Å². The van der Waals surface area contributed by atoms with Gasteiger partial charge < -0.3 is 14.6 Å². The third kappa shape index (κ3) is 3.88. The van der Waals surface area contributed by atoms with Gasteiger partial charge in [-0.25, -0.2) is 9.97 Å². The fraction of sp³-hybridized carbons (Fsp3) is 0.471. The van der Waals surface area contributed by atoms with Crippen LogP contribution in [0.5, 0.6) is 0 Å². The van der Waals surface area contributed by atoms with Gasteiger partial charge >= 0.3 is 0 Å². The van der Waals surface area contributed by atoms with Crippen LogP contribution in [0.25, 0.3) is 0 Å². The van der Waals surface area contributed by atoms with Gasteiger partial charge in [0.1, 0.15) is 5.76 Å². The lowest BCUT2D eigenvalue weighted by Gasteiger charge is -2.32. The predicted octanol–water partition coefficient (Wildman–Crippen LogP) is 2.22. The number of anilines is 1. The van der Waals surface area contributed by atoms with Crippen molar-refractivity contribution in [2.45, 2.75) is 33.2 Å². The molecule has 0 saturated carbocycles. The van der Waals surface area contributed by atoms with Crippen LogP contribution >= 0.6 is 0 Å². The lowest BCUT2D eigenvalue weighted by Crippen LogP contribution is -2.43. The van der Waals surface area contributed by atoms with Crippen LogP contribution in [0.2, 0.25) is 0 Å². The van der Waals surface area contributed by atoms with E-state index >= 15 is 0 Å². The number of aromatic nitrogens is 2. The average Bonchev–Trinajstić information content (AvgIpc) is 3.05. The highest BCUT2D eigenvalue weighted by Crippen LogP contribution is 2.21. The van der Waals surface area contributed by atoms with Crippen molar-refractivity contribution in [1.82, 2.24) is 15.3 Å². The van der Waals surface area contributed by atoms with E-state index < -0.39 is 0 Å². The molecule has 2 aromatic heterocycles. The van der Waals surface area contributed by atoms with Crippen LogP contribution in [0.3, 0.4) is 0 Å². The van der Waals surface area contributed by atoms with E-state index in [1.165, 1.54) is 0 Å². The second-order valence-electron chi connectivity index (χ2n) is 6.03. The van der Waals surface area contributed by atoms with Crippen LogP contribution in [-0.2, 0) is 11.3 Å². The molecular weight excluding hydrogens is 292 g/mol. The third-order valence-electron chi connectivity index (χ3n) is 4.06. The van der Waals surface area contributed by atoms with Gasteiger partial charge in [0.25, 0.3) is 0 Å². The SMILES string of the molecule is Cc1cc(C)nc(N2CCCC(C(=O)NCc3ccco3)C2)n1. The lowest BCUT2D eigenvalue weighted by atomic mass is 9.97. The van der Waals surface area contributed by atoms with Gasteiger partial charge in [0, 0.05) is 24.5 Å². The minimum atomic E-state index is -0.0388. The molecule has 0 bridgehead atoms. The number of carbonyl (C=O) groups excluding carboxylic acids is 1. The summed E-state index contributed by atoms with van der Waals surface area (Å²) in [4.78, 5) is 23.5. The summed E-state index contributed by atoms with van der Waals surface area (Å²) in [6, 6.07) is 5.64. The standard InChI is InChI=1S/C17H22N4O2/c1-12-9-13(2)20-17(19-12)21-7-3-5-14(11-21)16(22)18-10-15-6-4-8-23-15/h4,6,8-9,14H,3,5,7,10-11H2,1-2H3,(H,18,22). The molecule has 2 aromatic rings. The van der Waals surface area contributed by atoms with Crippen molar-refractivity contribution < 1.29 is 9.21 Å². The molecule has 1 atom stereocenters. The Morgan fingerprint density at radius 2 is 2.17 bits per heavy atom. The highest BCUT2D eigenvalue weighted by Gasteiger charge is 2.27. The number of aryl methyl sites for hydroxylation is 2. The molecule has 1 amide bonds. The molecule has 6 heteroatoms. The highest BCUT2D eigenvalue weighted by atomic mass is 16.3. The smallest absolute Gasteiger partial charge is 0.225 e. The van der Waals surface area contributed by atoms with Crippen LogP contribution < -0.4 is 10.2 Å². The zero-order valence-electron chi connectivity index (χ0n) is 13.6. The summed E-state index contributed by atoms with van der Waals surface area (Å²) in [5.74, 6) is 1.52. The zero-order chi connectivity index (χ0) is 16.2. The van der Waals surface area contributed by atoms with Gasteiger partial charge in [0.05, 0.1) is 18.7 Å². The van der Waals surface area contributed by atoms with E-state index in [2.05, 4.69) is 20.2 Å². The molecule has 1 aliphatic rings. The molecule has 23 heavy (non-hydrogen) atoms. The van der Waals surface area contributed by atoms with Crippen molar-refractivity contribution in [3.8, 4) is 0 Å². The number of carbonyl (C=O) groups is 1. The Labute approximate surface area is 135 Å².